The van der Waals surface area contributed by atoms with E-state index in [0.717, 1.165) is 6.42 Å². The molecular weight excluding hydrogens is 246 g/mol. The van der Waals surface area contributed by atoms with Gasteiger partial charge in [0.25, 0.3) is 0 Å². The smallest absolute Gasteiger partial charge is 0.303 e. The number of carboxylic acid groups (broad SMARTS) is 1. The summed E-state index contributed by atoms with van der Waals surface area (Å²) in [5.74, 6) is 0.378. The van der Waals surface area contributed by atoms with Gasteiger partial charge in [0.05, 0.1) is 19.5 Å². The molecule has 0 unspecified atom stereocenters. The third kappa shape index (κ3) is 6.03. The van der Waals surface area contributed by atoms with Crippen molar-refractivity contribution in [2.75, 3.05) is 19.0 Å². The SMILES string of the molecule is COc1cncc(NCCC(C)(C)CCC(=O)O)n1. The highest BCUT2D eigenvalue weighted by molar-refractivity contribution is 5.66. The lowest BCUT2D eigenvalue weighted by Crippen LogP contribution is -2.18. The lowest BCUT2D eigenvalue weighted by molar-refractivity contribution is -0.137. The van der Waals surface area contributed by atoms with E-state index in [4.69, 9.17) is 9.84 Å². The third-order valence-electron chi connectivity index (χ3n) is 2.95. The number of ether oxygens (including phenoxy) is 1. The van der Waals surface area contributed by atoms with Gasteiger partial charge in [-0.15, -0.1) is 0 Å². The molecule has 1 aromatic rings. The summed E-state index contributed by atoms with van der Waals surface area (Å²) in [7, 11) is 1.54. The lowest BCUT2D eigenvalue weighted by Gasteiger charge is -2.23. The number of aromatic nitrogens is 2. The summed E-state index contributed by atoms with van der Waals surface area (Å²) in [6.45, 7) is 4.85. The van der Waals surface area contributed by atoms with Crippen LogP contribution in [0.4, 0.5) is 5.82 Å². The van der Waals surface area contributed by atoms with Crippen molar-refractivity contribution in [3.8, 4) is 5.88 Å². The fraction of sp³-hybridized carbons (Fsp3) is 0.615. The summed E-state index contributed by atoms with van der Waals surface area (Å²) in [5.41, 5.74) is -0.0162. The first-order valence-corrected chi connectivity index (χ1v) is 6.25. The molecule has 19 heavy (non-hydrogen) atoms. The Bertz CT molecular complexity index is 421. The maximum absolute atomic E-state index is 10.6. The topological polar surface area (TPSA) is 84.3 Å². The number of nitrogens with one attached hydrogen (secondary N) is 1. The number of methoxy groups -OCH3 is 1. The second-order valence-electron chi connectivity index (χ2n) is 5.18. The van der Waals surface area contributed by atoms with Crippen LogP contribution in [0.15, 0.2) is 12.4 Å². The maximum atomic E-state index is 10.6. The van der Waals surface area contributed by atoms with Crippen LogP contribution in [0.1, 0.15) is 33.1 Å². The molecule has 1 heterocycles. The number of hydrogen-bond donors (Lipinski definition) is 2. The first kappa shape index (κ1) is 15.2. The first-order chi connectivity index (χ1) is 8.93. The summed E-state index contributed by atoms with van der Waals surface area (Å²) in [6.07, 6.45) is 4.90. The Hall–Kier alpha value is -1.85. The van der Waals surface area contributed by atoms with Crippen LogP contribution in [0.5, 0.6) is 5.88 Å². The van der Waals surface area contributed by atoms with Gasteiger partial charge in [0.15, 0.2) is 0 Å². The molecule has 0 aliphatic carbocycles. The Morgan fingerprint density at radius 3 is 2.79 bits per heavy atom. The van der Waals surface area contributed by atoms with E-state index in [1.807, 2.05) is 0 Å². The van der Waals surface area contributed by atoms with Gasteiger partial charge in [0.1, 0.15) is 5.82 Å². The zero-order chi connectivity index (χ0) is 14.3. The van der Waals surface area contributed by atoms with Crippen molar-refractivity contribution in [2.45, 2.75) is 33.1 Å². The fourth-order valence-corrected chi connectivity index (χ4v) is 1.63. The number of anilines is 1. The molecule has 0 spiro atoms. The van der Waals surface area contributed by atoms with Crippen molar-refractivity contribution < 1.29 is 14.6 Å². The van der Waals surface area contributed by atoms with Gasteiger partial charge in [0.2, 0.25) is 5.88 Å². The molecule has 0 aliphatic rings. The van der Waals surface area contributed by atoms with Crippen LogP contribution in [0.2, 0.25) is 0 Å². The maximum Gasteiger partial charge on any atom is 0.303 e. The third-order valence-corrected chi connectivity index (χ3v) is 2.95. The Kier molecular flexibility index (Phi) is 5.54. The van der Waals surface area contributed by atoms with Crippen molar-refractivity contribution in [3.63, 3.8) is 0 Å². The summed E-state index contributed by atoms with van der Waals surface area (Å²) < 4.78 is 4.99. The van der Waals surface area contributed by atoms with E-state index in [1.165, 1.54) is 0 Å². The van der Waals surface area contributed by atoms with E-state index in [0.29, 0.717) is 24.7 Å². The van der Waals surface area contributed by atoms with Crippen molar-refractivity contribution in [3.05, 3.63) is 12.4 Å². The quantitative estimate of drug-likeness (QED) is 0.751. The second kappa shape index (κ2) is 6.92. The molecule has 2 N–H and O–H groups in total. The zero-order valence-corrected chi connectivity index (χ0v) is 11.6. The van der Waals surface area contributed by atoms with Gasteiger partial charge in [-0.3, -0.25) is 9.78 Å². The highest BCUT2D eigenvalue weighted by atomic mass is 16.5. The summed E-state index contributed by atoms with van der Waals surface area (Å²) in [4.78, 5) is 18.8. The largest absolute Gasteiger partial charge is 0.481 e. The van der Waals surface area contributed by atoms with Crippen molar-refractivity contribution in [1.82, 2.24) is 9.97 Å². The molecule has 0 aliphatic heterocycles. The van der Waals surface area contributed by atoms with Crippen molar-refractivity contribution in [2.24, 2.45) is 5.41 Å². The van der Waals surface area contributed by atoms with Crippen LogP contribution in [0, 0.1) is 5.41 Å². The van der Waals surface area contributed by atoms with Gasteiger partial charge in [-0.25, -0.2) is 0 Å². The van der Waals surface area contributed by atoms with E-state index in [1.54, 1.807) is 19.5 Å². The summed E-state index contributed by atoms with van der Waals surface area (Å²) >= 11 is 0. The minimum absolute atomic E-state index is 0.0162. The van der Waals surface area contributed by atoms with Crippen LogP contribution in [-0.4, -0.2) is 34.7 Å². The van der Waals surface area contributed by atoms with Gasteiger partial charge in [-0.05, 0) is 18.3 Å². The number of rotatable bonds is 8. The van der Waals surface area contributed by atoms with Crippen molar-refractivity contribution in [1.29, 1.82) is 0 Å². The minimum atomic E-state index is -0.750. The van der Waals surface area contributed by atoms with Gasteiger partial charge < -0.3 is 15.2 Å². The number of aliphatic carboxylic acids is 1. The normalized spacial score (nSPS) is 11.1. The first-order valence-electron chi connectivity index (χ1n) is 6.25. The molecule has 1 aromatic heterocycles. The average molecular weight is 267 g/mol. The molecule has 1 rings (SSSR count). The van der Waals surface area contributed by atoms with Crippen LogP contribution in [-0.2, 0) is 4.79 Å². The molecule has 0 aromatic carbocycles. The van der Waals surface area contributed by atoms with Crippen LogP contribution in [0.25, 0.3) is 0 Å². The molecule has 6 nitrogen and oxygen atoms in total. The number of carboxylic acids is 1. The monoisotopic (exact) mass is 267 g/mol. The van der Waals surface area contributed by atoms with Crippen LogP contribution >= 0.6 is 0 Å². The number of nitrogens with zero attached hydrogens (tertiary/aromatic N) is 2. The van der Waals surface area contributed by atoms with E-state index in [-0.39, 0.29) is 11.8 Å². The lowest BCUT2D eigenvalue weighted by atomic mass is 9.84. The summed E-state index contributed by atoms with van der Waals surface area (Å²) in [5, 5.41) is 11.9. The van der Waals surface area contributed by atoms with Crippen LogP contribution < -0.4 is 10.1 Å². The summed E-state index contributed by atoms with van der Waals surface area (Å²) in [6, 6.07) is 0. The molecule has 0 fully saturated rings. The minimum Gasteiger partial charge on any atom is -0.481 e. The van der Waals surface area contributed by atoms with Gasteiger partial charge in [0, 0.05) is 13.0 Å². The van der Waals surface area contributed by atoms with E-state index in [2.05, 4.69) is 29.1 Å². The molecule has 0 atom stereocenters. The second-order valence-corrected chi connectivity index (χ2v) is 5.18. The molecule has 0 saturated heterocycles. The highest BCUT2D eigenvalue weighted by Gasteiger charge is 2.18. The molecule has 0 amide bonds. The molecule has 106 valence electrons. The Balaban J connectivity index is 2.38. The van der Waals surface area contributed by atoms with Gasteiger partial charge in [-0.1, -0.05) is 13.8 Å². The van der Waals surface area contributed by atoms with Crippen molar-refractivity contribution >= 4 is 11.8 Å². The zero-order valence-electron chi connectivity index (χ0n) is 11.6. The predicted octanol–water partition coefficient (Wildman–Crippen LogP) is 2.18. The Labute approximate surface area is 113 Å². The van der Waals surface area contributed by atoms with Crippen LogP contribution in [0.3, 0.4) is 0 Å². The highest BCUT2D eigenvalue weighted by Crippen LogP contribution is 2.26. The fourth-order valence-electron chi connectivity index (χ4n) is 1.63. The molecule has 0 radical (unpaired) electrons. The van der Waals surface area contributed by atoms with Gasteiger partial charge in [-0.2, -0.15) is 4.98 Å². The Morgan fingerprint density at radius 1 is 1.42 bits per heavy atom. The average Bonchev–Trinajstić information content (AvgIpc) is 2.37. The molecule has 0 saturated carbocycles. The van der Waals surface area contributed by atoms with E-state index in [9.17, 15) is 4.79 Å². The number of hydrogen-bond acceptors (Lipinski definition) is 5. The van der Waals surface area contributed by atoms with E-state index >= 15 is 0 Å². The number of carbonyl (C=O) groups is 1. The molecule has 0 bridgehead atoms. The Morgan fingerprint density at radius 2 is 2.16 bits per heavy atom. The molecule has 6 heteroatoms. The standard InChI is InChI=1S/C13H21N3O3/c1-13(2,5-4-12(17)18)6-7-15-10-8-14-9-11(16-10)19-3/h8-9H,4-7H2,1-3H3,(H,15,16)(H,17,18). The van der Waals surface area contributed by atoms with E-state index < -0.39 is 5.97 Å². The van der Waals surface area contributed by atoms with Gasteiger partial charge >= 0.3 is 5.97 Å². The predicted molar refractivity (Wildman–Crippen MR) is 72.3 cm³/mol. The molecular formula is C13H21N3O3.